The third-order valence-electron chi connectivity index (χ3n) is 6.52. The predicted molar refractivity (Wildman–Crippen MR) is 147 cm³/mol. The Morgan fingerprint density at radius 1 is 0.722 bits per heavy atom. The van der Waals surface area contributed by atoms with Crippen LogP contribution < -0.4 is 19.8 Å². The molecule has 0 aliphatic heterocycles. The van der Waals surface area contributed by atoms with Crippen LogP contribution in [0.25, 0.3) is 22.1 Å². The average Bonchev–Trinajstić information content (AvgIpc) is 3.26. The van der Waals surface area contributed by atoms with Crippen molar-refractivity contribution < 1.29 is 18.7 Å². The van der Waals surface area contributed by atoms with E-state index in [4.69, 9.17) is 0 Å². The normalized spacial score (nSPS) is 11.3. The van der Waals surface area contributed by atoms with Crippen LogP contribution in [0.1, 0.15) is 11.6 Å². The first-order valence-corrected chi connectivity index (χ1v) is 14.5. The number of hydrogen-bond acceptors (Lipinski definition) is 4. The Morgan fingerprint density at radius 3 is 1.53 bits per heavy atom. The van der Waals surface area contributed by atoms with Gasteiger partial charge in [0.2, 0.25) is 0 Å². The molecular formula is C26H34N6O2S2+2. The SMILES string of the molecule is Cc1n(CC(=O)NCCSSCCNC(=O)Cn2c(C)[n+](C)c3ccccc32)c2ccccc2[n+]1C. The lowest BCUT2D eigenvalue weighted by Gasteiger charge is -2.06. The molecule has 0 fully saturated rings. The van der Waals surface area contributed by atoms with Crippen LogP contribution in [0, 0.1) is 13.8 Å². The topological polar surface area (TPSA) is 75.8 Å². The molecule has 2 aromatic carbocycles. The van der Waals surface area contributed by atoms with Crippen molar-refractivity contribution in [2.24, 2.45) is 14.1 Å². The molecule has 8 nitrogen and oxygen atoms in total. The molecule has 36 heavy (non-hydrogen) atoms. The smallest absolute Gasteiger partial charge is 0.262 e. The lowest BCUT2D eigenvalue weighted by molar-refractivity contribution is -0.652. The largest absolute Gasteiger partial charge is 0.352 e. The number of benzene rings is 2. The second-order valence-electron chi connectivity index (χ2n) is 8.71. The fourth-order valence-electron chi connectivity index (χ4n) is 4.39. The Balaban J connectivity index is 1.12. The molecule has 4 aromatic rings. The van der Waals surface area contributed by atoms with Crippen molar-refractivity contribution in [2.75, 3.05) is 24.6 Å². The molecule has 0 saturated carbocycles. The van der Waals surface area contributed by atoms with Crippen molar-refractivity contribution in [3.8, 4) is 0 Å². The van der Waals surface area contributed by atoms with E-state index in [1.54, 1.807) is 21.6 Å². The third kappa shape index (κ3) is 5.70. The quantitative estimate of drug-likeness (QED) is 0.179. The van der Waals surface area contributed by atoms with Crippen molar-refractivity contribution in [3.63, 3.8) is 0 Å². The van der Waals surface area contributed by atoms with E-state index in [9.17, 15) is 9.59 Å². The van der Waals surface area contributed by atoms with Crippen molar-refractivity contribution in [1.29, 1.82) is 0 Å². The van der Waals surface area contributed by atoms with Gasteiger partial charge in [-0.25, -0.2) is 18.3 Å². The molecule has 2 amide bonds. The Kier molecular flexibility index (Phi) is 8.58. The highest BCUT2D eigenvalue weighted by molar-refractivity contribution is 8.76. The number of para-hydroxylation sites is 4. The summed E-state index contributed by atoms with van der Waals surface area (Å²) in [6, 6.07) is 16.2. The number of carbonyl (C=O) groups excluding carboxylic acids is 2. The molecule has 0 aliphatic carbocycles. The summed E-state index contributed by atoms with van der Waals surface area (Å²) in [5.74, 6) is 3.75. The van der Waals surface area contributed by atoms with E-state index >= 15 is 0 Å². The highest BCUT2D eigenvalue weighted by Gasteiger charge is 2.21. The highest BCUT2D eigenvalue weighted by atomic mass is 33.1. The second-order valence-corrected chi connectivity index (χ2v) is 11.4. The maximum absolute atomic E-state index is 12.5. The zero-order valence-electron chi connectivity index (χ0n) is 21.3. The van der Waals surface area contributed by atoms with E-state index in [1.165, 1.54) is 0 Å². The van der Waals surface area contributed by atoms with Gasteiger partial charge in [0, 0.05) is 38.4 Å². The molecule has 0 aliphatic rings. The summed E-state index contributed by atoms with van der Waals surface area (Å²) in [5.41, 5.74) is 4.36. The summed E-state index contributed by atoms with van der Waals surface area (Å²) in [7, 11) is 7.45. The van der Waals surface area contributed by atoms with E-state index in [1.807, 2.05) is 73.5 Å². The highest BCUT2D eigenvalue weighted by Crippen LogP contribution is 2.19. The fraction of sp³-hybridized carbons (Fsp3) is 0.385. The van der Waals surface area contributed by atoms with Gasteiger partial charge in [0.1, 0.15) is 0 Å². The summed E-state index contributed by atoms with van der Waals surface area (Å²) in [4.78, 5) is 25.0. The van der Waals surface area contributed by atoms with Gasteiger partial charge in [-0.05, 0) is 24.3 Å². The van der Waals surface area contributed by atoms with Gasteiger partial charge in [0.05, 0.1) is 14.1 Å². The van der Waals surface area contributed by atoms with Crippen molar-refractivity contribution >= 4 is 55.5 Å². The summed E-state index contributed by atoms with van der Waals surface area (Å²) in [5, 5.41) is 6.03. The molecule has 10 heteroatoms. The van der Waals surface area contributed by atoms with Gasteiger partial charge in [-0.1, -0.05) is 45.9 Å². The Labute approximate surface area is 219 Å². The molecule has 0 unspecified atom stereocenters. The zero-order valence-corrected chi connectivity index (χ0v) is 22.9. The van der Waals surface area contributed by atoms with E-state index in [-0.39, 0.29) is 11.8 Å². The minimum atomic E-state index is 0.0125. The molecule has 2 heterocycles. The first kappa shape index (κ1) is 26.1. The molecule has 0 spiro atoms. The van der Waals surface area contributed by atoms with Gasteiger partial charge in [-0.15, -0.1) is 0 Å². The number of carbonyl (C=O) groups is 2. The standard InChI is InChI=1S/C26H32N6O2S2/c1-19-29(3)21-9-5-7-11-23(21)31(19)17-25(33)27-13-15-35-36-16-14-28-26(34)18-32-20(2)30(4)22-10-6-8-12-24(22)32/h5-12H,13-18H2,1-4H3/p+2. The van der Waals surface area contributed by atoms with E-state index in [0.717, 1.165) is 45.2 Å². The number of imidazole rings is 2. The van der Waals surface area contributed by atoms with Crippen LogP contribution in [-0.2, 0) is 36.8 Å². The summed E-state index contributed by atoms with van der Waals surface area (Å²) >= 11 is 0. The van der Waals surface area contributed by atoms with Gasteiger partial charge in [-0.3, -0.25) is 9.59 Å². The van der Waals surface area contributed by atoms with E-state index in [2.05, 4.69) is 31.9 Å². The lowest BCUT2D eigenvalue weighted by atomic mass is 10.3. The Morgan fingerprint density at radius 2 is 1.11 bits per heavy atom. The number of amides is 2. The molecule has 190 valence electrons. The molecule has 0 saturated heterocycles. The van der Waals surface area contributed by atoms with Crippen LogP contribution in [0.15, 0.2) is 48.5 Å². The van der Waals surface area contributed by atoms with Crippen molar-refractivity contribution in [3.05, 3.63) is 60.2 Å². The van der Waals surface area contributed by atoms with Gasteiger partial charge in [0.15, 0.2) is 35.2 Å². The van der Waals surface area contributed by atoms with Crippen LogP contribution in [0.2, 0.25) is 0 Å². The average molecular weight is 527 g/mol. The van der Waals surface area contributed by atoms with Gasteiger partial charge < -0.3 is 10.6 Å². The number of rotatable bonds is 11. The molecule has 2 N–H and O–H groups in total. The molecule has 4 rings (SSSR count). The number of aromatic nitrogens is 4. The number of nitrogens with zero attached hydrogens (tertiary/aromatic N) is 4. The van der Waals surface area contributed by atoms with Crippen LogP contribution in [0.5, 0.6) is 0 Å². The molecular weight excluding hydrogens is 492 g/mol. The van der Waals surface area contributed by atoms with Crippen molar-refractivity contribution in [2.45, 2.75) is 26.9 Å². The fourth-order valence-corrected chi connectivity index (χ4v) is 6.21. The van der Waals surface area contributed by atoms with Crippen LogP contribution in [0.4, 0.5) is 0 Å². The lowest BCUT2D eigenvalue weighted by Crippen LogP contribution is -2.34. The number of aryl methyl sites for hydroxylation is 2. The molecule has 2 aromatic heterocycles. The first-order chi connectivity index (χ1) is 17.4. The van der Waals surface area contributed by atoms with Crippen LogP contribution in [-0.4, -0.2) is 45.5 Å². The molecule has 0 radical (unpaired) electrons. The van der Waals surface area contributed by atoms with Gasteiger partial charge in [-0.2, -0.15) is 0 Å². The minimum Gasteiger partial charge on any atom is -0.352 e. The first-order valence-electron chi connectivity index (χ1n) is 12.0. The monoisotopic (exact) mass is 526 g/mol. The minimum absolute atomic E-state index is 0.0125. The zero-order chi connectivity index (χ0) is 25.7. The van der Waals surface area contributed by atoms with E-state index < -0.39 is 0 Å². The Hall–Kier alpha value is -2.98. The third-order valence-corrected chi connectivity index (χ3v) is 8.93. The van der Waals surface area contributed by atoms with Gasteiger partial charge in [0.25, 0.3) is 23.5 Å². The maximum Gasteiger partial charge on any atom is 0.262 e. The summed E-state index contributed by atoms with van der Waals surface area (Å²) < 4.78 is 8.31. The molecule has 0 bridgehead atoms. The summed E-state index contributed by atoms with van der Waals surface area (Å²) in [6.07, 6.45) is 0. The number of nitrogens with one attached hydrogen (secondary N) is 2. The maximum atomic E-state index is 12.5. The van der Waals surface area contributed by atoms with Crippen LogP contribution in [0.3, 0.4) is 0 Å². The summed E-state index contributed by atoms with van der Waals surface area (Å²) in [6.45, 7) is 5.91. The predicted octanol–water partition coefficient (Wildman–Crippen LogP) is 2.18. The second kappa shape index (κ2) is 11.8. The van der Waals surface area contributed by atoms with E-state index in [0.29, 0.717) is 26.2 Å². The van der Waals surface area contributed by atoms with Gasteiger partial charge >= 0.3 is 0 Å². The number of hydrogen-bond donors (Lipinski definition) is 2. The Bertz CT molecular complexity index is 1290. The number of fused-ring (bicyclic) bond motifs is 2. The van der Waals surface area contributed by atoms with Crippen LogP contribution >= 0.6 is 21.6 Å². The van der Waals surface area contributed by atoms with Crippen molar-refractivity contribution in [1.82, 2.24) is 19.8 Å². The molecule has 0 atom stereocenters.